The van der Waals surface area contributed by atoms with Crippen LogP contribution in [0.4, 0.5) is 5.82 Å². The number of aromatic nitrogens is 2. The number of fused-ring (bicyclic) bond motifs is 1. The molecule has 2 aliphatic heterocycles. The molecule has 1 aromatic carbocycles. The Hall–Kier alpha value is -2.67. The quantitative estimate of drug-likeness (QED) is 0.714. The zero-order valence-corrected chi connectivity index (χ0v) is 19.7. The first-order valence-corrected chi connectivity index (χ1v) is 11.4. The van der Waals surface area contributed by atoms with Gasteiger partial charge in [0, 0.05) is 50.0 Å². The average Bonchev–Trinajstić information content (AvgIpc) is 2.78. The number of amides is 1. The molecule has 3 heterocycles. The van der Waals surface area contributed by atoms with Gasteiger partial charge < -0.3 is 19.3 Å². The maximum absolute atomic E-state index is 12.9. The summed E-state index contributed by atoms with van der Waals surface area (Å²) in [6, 6.07) is 8.01. The highest BCUT2D eigenvalue weighted by Gasteiger charge is 2.30. The zero-order valence-electron chi connectivity index (χ0n) is 19.7. The van der Waals surface area contributed by atoms with E-state index in [9.17, 15) is 4.79 Å². The van der Waals surface area contributed by atoms with Crippen LogP contribution in [0.5, 0.6) is 5.75 Å². The lowest BCUT2D eigenvalue weighted by molar-refractivity contribution is -0.134. The number of methoxy groups -OCH3 is 1. The van der Waals surface area contributed by atoms with E-state index < -0.39 is 0 Å². The normalized spacial score (nSPS) is 16.6. The van der Waals surface area contributed by atoms with Crippen molar-refractivity contribution in [3.63, 3.8) is 0 Å². The molecule has 1 amide bonds. The molecule has 7 heteroatoms. The van der Waals surface area contributed by atoms with Gasteiger partial charge in [0.15, 0.2) is 0 Å². The summed E-state index contributed by atoms with van der Waals surface area (Å²) in [5.74, 6) is 2.80. The highest BCUT2D eigenvalue weighted by atomic mass is 16.5. The SMILES string of the molecule is COc1ccccc1Cc1nc2c(c(N3CCOCC3)n1)CN(C(=O)CC(C)(C)C)CC2. The fourth-order valence-corrected chi connectivity index (χ4v) is 4.36. The molecule has 1 aromatic heterocycles. The van der Waals surface area contributed by atoms with Gasteiger partial charge in [-0.05, 0) is 11.5 Å². The summed E-state index contributed by atoms with van der Waals surface area (Å²) >= 11 is 0. The number of carbonyl (C=O) groups excluding carboxylic acids is 1. The van der Waals surface area contributed by atoms with E-state index in [0.717, 1.165) is 53.7 Å². The first-order valence-electron chi connectivity index (χ1n) is 11.4. The van der Waals surface area contributed by atoms with Crippen LogP contribution in [0.2, 0.25) is 0 Å². The Bertz CT molecular complexity index is 964. The number of nitrogens with zero attached hydrogens (tertiary/aromatic N) is 4. The smallest absolute Gasteiger partial charge is 0.223 e. The molecule has 172 valence electrons. The van der Waals surface area contributed by atoms with E-state index in [2.05, 4.69) is 31.7 Å². The lowest BCUT2D eigenvalue weighted by atomic mass is 9.91. The van der Waals surface area contributed by atoms with Crippen LogP contribution in [0.25, 0.3) is 0 Å². The van der Waals surface area contributed by atoms with Gasteiger partial charge in [0.1, 0.15) is 17.4 Å². The van der Waals surface area contributed by atoms with Crippen LogP contribution in [0.3, 0.4) is 0 Å². The molecule has 2 aliphatic rings. The van der Waals surface area contributed by atoms with Crippen molar-refractivity contribution in [2.45, 2.75) is 46.6 Å². The molecule has 0 aliphatic carbocycles. The number of morpholine rings is 1. The topological polar surface area (TPSA) is 67.8 Å². The van der Waals surface area contributed by atoms with Crippen LogP contribution in [0.15, 0.2) is 24.3 Å². The maximum Gasteiger partial charge on any atom is 0.223 e. The molecule has 0 N–H and O–H groups in total. The lowest BCUT2D eigenvalue weighted by Crippen LogP contribution is -2.42. The second-order valence-electron chi connectivity index (χ2n) is 9.78. The molecule has 0 atom stereocenters. The molecule has 0 spiro atoms. The summed E-state index contributed by atoms with van der Waals surface area (Å²) in [5.41, 5.74) is 3.19. The predicted molar refractivity (Wildman–Crippen MR) is 124 cm³/mol. The Morgan fingerprint density at radius 3 is 2.59 bits per heavy atom. The Morgan fingerprint density at radius 2 is 1.88 bits per heavy atom. The number of anilines is 1. The third-order valence-electron chi connectivity index (χ3n) is 5.97. The molecule has 0 saturated carbocycles. The first-order chi connectivity index (χ1) is 15.3. The van der Waals surface area contributed by atoms with Gasteiger partial charge in [-0.15, -0.1) is 0 Å². The largest absolute Gasteiger partial charge is 0.496 e. The van der Waals surface area contributed by atoms with Crippen molar-refractivity contribution in [3.05, 3.63) is 46.9 Å². The van der Waals surface area contributed by atoms with Crippen LogP contribution in [-0.4, -0.2) is 60.7 Å². The molecule has 7 nitrogen and oxygen atoms in total. The molecule has 1 fully saturated rings. The van der Waals surface area contributed by atoms with Gasteiger partial charge in [0.2, 0.25) is 5.91 Å². The average molecular weight is 439 g/mol. The van der Waals surface area contributed by atoms with E-state index in [0.29, 0.717) is 39.1 Å². The minimum Gasteiger partial charge on any atom is -0.496 e. The summed E-state index contributed by atoms with van der Waals surface area (Å²) in [4.78, 5) is 27.1. The van der Waals surface area contributed by atoms with Crippen molar-refractivity contribution in [2.24, 2.45) is 5.41 Å². The van der Waals surface area contributed by atoms with Crippen LogP contribution in [0.1, 0.15) is 49.8 Å². The van der Waals surface area contributed by atoms with Crippen LogP contribution in [-0.2, 0) is 28.9 Å². The predicted octanol–water partition coefficient (Wildman–Crippen LogP) is 3.23. The van der Waals surface area contributed by atoms with Gasteiger partial charge in [0.05, 0.1) is 32.6 Å². The number of ether oxygens (including phenoxy) is 2. The van der Waals surface area contributed by atoms with Crippen molar-refractivity contribution in [1.82, 2.24) is 14.9 Å². The van der Waals surface area contributed by atoms with E-state index in [4.69, 9.17) is 19.4 Å². The van der Waals surface area contributed by atoms with E-state index in [1.54, 1.807) is 7.11 Å². The Kier molecular flexibility index (Phi) is 6.65. The van der Waals surface area contributed by atoms with E-state index >= 15 is 0 Å². The number of hydrogen-bond donors (Lipinski definition) is 0. The van der Waals surface area contributed by atoms with Gasteiger partial charge in [-0.25, -0.2) is 9.97 Å². The number of para-hydroxylation sites is 1. The fraction of sp³-hybridized carbons (Fsp3) is 0.560. The zero-order chi connectivity index (χ0) is 22.7. The minimum absolute atomic E-state index is 0.0283. The molecule has 32 heavy (non-hydrogen) atoms. The fourth-order valence-electron chi connectivity index (χ4n) is 4.36. The molecular weight excluding hydrogens is 404 g/mol. The summed E-state index contributed by atoms with van der Waals surface area (Å²) in [6.45, 7) is 10.6. The number of rotatable bonds is 5. The monoisotopic (exact) mass is 438 g/mol. The third kappa shape index (κ3) is 5.21. The van der Waals surface area contributed by atoms with Gasteiger partial charge >= 0.3 is 0 Å². The molecule has 2 aromatic rings. The second-order valence-corrected chi connectivity index (χ2v) is 9.78. The van der Waals surface area contributed by atoms with E-state index in [-0.39, 0.29) is 11.3 Å². The van der Waals surface area contributed by atoms with Crippen LogP contribution < -0.4 is 9.64 Å². The van der Waals surface area contributed by atoms with Crippen molar-refractivity contribution < 1.29 is 14.3 Å². The molecular formula is C25H34N4O3. The van der Waals surface area contributed by atoms with Crippen LogP contribution in [0, 0.1) is 5.41 Å². The standard InChI is InChI=1S/C25H34N4O3/c1-25(2,3)16-23(30)29-10-9-20-19(17-29)24(28-11-13-32-14-12-28)27-22(26-20)15-18-7-5-6-8-21(18)31-4/h5-8H,9-17H2,1-4H3. The maximum atomic E-state index is 12.9. The van der Waals surface area contributed by atoms with Crippen molar-refractivity contribution in [2.75, 3.05) is 44.9 Å². The van der Waals surface area contributed by atoms with Crippen molar-refractivity contribution >= 4 is 11.7 Å². The molecule has 0 unspecified atom stereocenters. The van der Waals surface area contributed by atoms with Crippen LogP contribution >= 0.6 is 0 Å². The number of benzene rings is 1. The second kappa shape index (κ2) is 9.45. The van der Waals surface area contributed by atoms with Crippen molar-refractivity contribution in [3.8, 4) is 5.75 Å². The van der Waals surface area contributed by atoms with Crippen molar-refractivity contribution in [1.29, 1.82) is 0 Å². The Balaban J connectivity index is 1.66. The Morgan fingerprint density at radius 1 is 1.12 bits per heavy atom. The van der Waals surface area contributed by atoms with E-state index in [1.165, 1.54) is 0 Å². The first kappa shape index (κ1) is 22.5. The molecule has 4 rings (SSSR count). The summed E-state index contributed by atoms with van der Waals surface area (Å²) in [5, 5.41) is 0. The Labute approximate surface area is 190 Å². The van der Waals surface area contributed by atoms with Gasteiger partial charge in [0.25, 0.3) is 0 Å². The number of hydrogen-bond acceptors (Lipinski definition) is 6. The lowest BCUT2D eigenvalue weighted by Gasteiger charge is -2.35. The highest BCUT2D eigenvalue weighted by Crippen LogP contribution is 2.30. The molecule has 0 bridgehead atoms. The number of carbonyl (C=O) groups is 1. The van der Waals surface area contributed by atoms with Gasteiger partial charge in [-0.2, -0.15) is 0 Å². The summed E-state index contributed by atoms with van der Waals surface area (Å²) in [7, 11) is 1.69. The molecule has 0 radical (unpaired) electrons. The highest BCUT2D eigenvalue weighted by molar-refractivity contribution is 5.77. The molecule has 1 saturated heterocycles. The van der Waals surface area contributed by atoms with E-state index in [1.807, 2.05) is 23.1 Å². The summed E-state index contributed by atoms with van der Waals surface area (Å²) in [6.07, 6.45) is 1.91. The van der Waals surface area contributed by atoms with Gasteiger partial charge in [-0.1, -0.05) is 39.0 Å². The summed E-state index contributed by atoms with van der Waals surface area (Å²) < 4.78 is 11.1. The van der Waals surface area contributed by atoms with Gasteiger partial charge in [-0.3, -0.25) is 4.79 Å². The minimum atomic E-state index is -0.0283. The third-order valence-corrected chi connectivity index (χ3v) is 5.97.